The fourth-order valence-corrected chi connectivity index (χ4v) is 3.11. The monoisotopic (exact) mass is 294 g/mol. The Kier molecular flexibility index (Phi) is 6.21. The molecule has 0 saturated heterocycles. The van der Waals surface area contributed by atoms with E-state index in [1.165, 1.54) is 0 Å². The topological polar surface area (TPSA) is 61.4 Å². The number of rotatable bonds is 7. The number of anilines is 1. The molecule has 1 aliphatic heterocycles. The smallest absolute Gasteiger partial charge is 0.251 e. The molecule has 1 amide bonds. The number of amides is 1. The highest BCUT2D eigenvalue weighted by atomic mass is 32.2. The lowest BCUT2D eigenvalue weighted by molar-refractivity contribution is 0.0955. The van der Waals surface area contributed by atoms with Crippen LogP contribution >= 0.6 is 11.8 Å². The quantitative estimate of drug-likeness (QED) is 0.672. The van der Waals surface area contributed by atoms with Crippen LogP contribution < -0.4 is 10.6 Å². The van der Waals surface area contributed by atoms with E-state index in [2.05, 4.69) is 10.6 Å². The van der Waals surface area contributed by atoms with Crippen molar-refractivity contribution in [3.05, 3.63) is 29.3 Å². The lowest BCUT2D eigenvalue weighted by Gasteiger charge is -2.20. The number of thioether (sulfide) groups is 1. The van der Waals surface area contributed by atoms with Crippen molar-refractivity contribution in [2.45, 2.75) is 19.3 Å². The molecule has 0 aliphatic carbocycles. The number of aliphatic hydroxyl groups is 1. The summed E-state index contributed by atoms with van der Waals surface area (Å²) in [5, 5.41) is 15.0. The molecule has 0 unspecified atom stereocenters. The van der Waals surface area contributed by atoms with Gasteiger partial charge >= 0.3 is 0 Å². The van der Waals surface area contributed by atoms with Crippen LogP contribution in [0.3, 0.4) is 0 Å². The van der Waals surface area contributed by atoms with E-state index < -0.39 is 0 Å². The Balaban J connectivity index is 1.83. The van der Waals surface area contributed by atoms with E-state index in [1.807, 2.05) is 18.2 Å². The van der Waals surface area contributed by atoms with E-state index in [0.717, 1.165) is 54.1 Å². The minimum absolute atomic E-state index is 0.0216. The van der Waals surface area contributed by atoms with Crippen molar-refractivity contribution in [1.29, 1.82) is 0 Å². The van der Waals surface area contributed by atoms with Gasteiger partial charge in [-0.25, -0.2) is 0 Å². The van der Waals surface area contributed by atoms with Crippen molar-refractivity contribution in [3.8, 4) is 0 Å². The Morgan fingerprint density at radius 3 is 3.15 bits per heavy atom. The Morgan fingerprint density at radius 2 is 2.30 bits per heavy atom. The zero-order chi connectivity index (χ0) is 14.2. The molecule has 0 atom stereocenters. The lowest BCUT2D eigenvalue weighted by Crippen LogP contribution is -2.28. The minimum Gasteiger partial charge on any atom is -0.396 e. The maximum absolute atomic E-state index is 12.2. The second kappa shape index (κ2) is 8.17. The number of hydrogen-bond acceptors (Lipinski definition) is 4. The second-order valence-electron chi connectivity index (χ2n) is 4.81. The molecule has 0 fully saturated rings. The van der Waals surface area contributed by atoms with Gasteiger partial charge in [0.2, 0.25) is 0 Å². The molecule has 0 bridgehead atoms. The third kappa shape index (κ3) is 4.15. The minimum atomic E-state index is 0.0216. The van der Waals surface area contributed by atoms with Gasteiger partial charge in [0.15, 0.2) is 0 Å². The highest BCUT2D eigenvalue weighted by Gasteiger charge is 2.16. The summed E-state index contributed by atoms with van der Waals surface area (Å²) in [6.07, 6.45) is 2.86. The van der Waals surface area contributed by atoms with E-state index in [9.17, 15) is 4.79 Å². The van der Waals surface area contributed by atoms with Gasteiger partial charge in [-0.1, -0.05) is 6.07 Å². The predicted octanol–water partition coefficient (Wildman–Crippen LogP) is 1.89. The van der Waals surface area contributed by atoms with Gasteiger partial charge in [0.25, 0.3) is 5.91 Å². The molecular weight excluding hydrogens is 272 g/mol. The molecule has 0 aromatic heterocycles. The van der Waals surface area contributed by atoms with Crippen molar-refractivity contribution < 1.29 is 9.90 Å². The number of carbonyl (C=O) groups excluding carboxylic acids is 1. The molecule has 0 radical (unpaired) electrons. The van der Waals surface area contributed by atoms with Crippen molar-refractivity contribution in [2.75, 3.05) is 36.5 Å². The molecule has 1 heterocycles. The van der Waals surface area contributed by atoms with Crippen molar-refractivity contribution in [2.24, 2.45) is 0 Å². The summed E-state index contributed by atoms with van der Waals surface area (Å²) in [5.74, 6) is 1.85. The van der Waals surface area contributed by atoms with Gasteiger partial charge in [0, 0.05) is 36.7 Å². The van der Waals surface area contributed by atoms with Gasteiger partial charge in [0.05, 0.1) is 0 Å². The highest BCUT2D eigenvalue weighted by molar-refractivity contribution is 7.99. The number of nitrogens with one attached hydrogen (secondary N) is 2. The first-order valence-electron chi connectivity index (χ1n) is 7.15. The average Bonchev–Trinajstić information content (AvgIpc) is 2.50. The van der Waals surface area contributed by atoms with Gasteiger partial charge in [0.1, 0.15) is 0 Å². The van der Waals surface area contributed by atoms with Gasteiger partial charge in [-0.3, -0.25) is 4.79 Å². The SMILES string of the molecule is O=C(NCCSCCCO)c1cccc2c1CCCN2. The number of hydrogen-bond donors (Lipinski definition) is 3. The van der Waals surface area contributed by atoms with Crippen LogP contribution in [0.4, 0.5) is 5.69 Å². The Morgan fingerprint density at radius 1 is 1.40 bits per heavy atom. The molecule has 3 N–H and O–H groups in total. The van der Waals surface area contributed by atoms with Crippen LogP contribution in [0.15, 0.2) is 18.2 Å². The molecule has 1 aliphatic rings. The lowest BCUT2D eigenvalue weighted by atomic mass is 9.97. The molecule has 20 heavy (non-hydrogen) atoms. The zero-order valence-electron chi connectivity index (χ0n) is 11.7. The first kappa shape index (κ1) is 15.2. The summed E-state index contributed by atoms with van der Waals surface area (Å²) in [6, 6.07) is 5.87. The summed E-state index contributed by atoms with van der Waals surface area (Å²) in [5.41, 5.74) is 3.04. The largest absolute Gasteiger partial charge is 0.396 e. The van der Waals surface area contributed by atoms with Gasteiger partial charge < -0.3 is 15.7 Å². The molecular formula is C15H22N2O2S. The fourth-order valence-electron chi connectivity index (χ4n) is 2.32. The van der Waals surface area contributed by atoms with Crippen LogP contribution in [0.5, 0.6) is 0 Å². The van der Waals surface area contributed by atoms with Crippen LogP contribution in [0.1, 0.15) is 28.8 Å². The molecule has 1 aromatic carbocycles. The second-order valence-corrected chi connectivity index (χ2v) is 6.03. The Labute approximate surface area is 124 Å². The molecule has 0 spiro atoms. The number of carbonyl (C=O) groups is 1. The maximum atomic E-state index is 12.2. The van der Waals surface area contributed by atoms with Crippen LogP contribution in [-0.4, -0.2) is 42.2 Å². The highest BCUT2D eigenvalue weighted by Crippen LogP contribution is 2.25. The molecule has 1 aromatic rings. The van der Waals surface area contributed by atoms with Crippen molar-refractivity contribution >= 4 is 23.4 Å². The summed E-state index contributed by atoms with van der Waals surface area (Å²) < 4.78 is 0. The Hall–Kier alpha value is -1.20. The van der Waals surface area contributed by atoms with Crippen molar-refractivity contribution in [3.63, 3.8) is 0 Å². The van der Waals surface area contributed by atoms with E-state index in [1.54, 1.807) is 11.8 Å². The zero-order valence-corrected chi connectivity index (χ0v) is 12.5. The van der Waals surface area contributed by atoms with Crippen LogP contribution in [0, 0.1) is 0 Å². The van der Waals surface area contributed by atoms with Gasteiger partial charge in [-0.15, -0.1) is 0 Å². The number of benzene rings is 1. The fraction of sp³-hybridized carbons (Fsp3) is 0.533. The van der Waals surface area contributed by atoms with Gasteiger partial charge in [-0.2, -0.15) is 11.8 Å². The normalized spacial score (nSPS) is 13.4. The van der Waals surface area contributed by atoms with Gasteiger partial charge in [-0.05, 0) is 42.7 Å². The average molecular weight is 294 g/mol. The van der Waals surface area contributed by atoms with Crippen LogP contribution in [0.2, 0.25) is 0 Å². The summed E-state index contributed by atoms with van der Waals surface area (Å²) in [6.45, 7) is 1.90. The van der Waals surface area contributed by atoms with Crippen LogP contribution in [0.25, 0.3) is 0 Å². The molecule has 2 rings (SSSR count). The first-order valence-corrected chi connectivity index (χ1v) is 8.31. The van der Waals surface area contributed by atoms with Crippen molar-refractivity contribution in [1.82, 2.24) is 5.32 Å². The summed E-state index contributed by atoms with van der Waals surface area (Å²) >= 11 is 1.76. The number of aliphatic hydroxyl groups excluding tert-OH is 1. The van der Waals surface area contributed by atoms with E-state index >= 15 is 0 Å². The summed E-state index contributed by atoms with van der Waals surface area (Å²) in [4.78, 5) is 12.2. The third-order valence-electron chi connectivity index (χ3n) is 3.32. The standard InChI is InChI=1S/C15H22N2O2S/c18-9-3-10-20-11-8-17-15(19)13-4-1-6-14-12(13)5-2-7-16-14/h1,4,6,16,18H,2-3,5,7-11H2,(H,17,19). The third-order valence-corrected chi connectivity index (χ3v) is 4.39. The maximum Gasteiger partial charge on any atom is 0.251 e. The molecule has 110 valence electrons. The summed E-state index contributed by atoms with van der Waals surface area (Å²) in [7, 11) is 0. The Bertz CT molecular complexity index is 451. The predicted molar refractivity (Wildman–Crippen MR) is 84.6 cm³/mol. The molecule has 4 nitrogen and oxygen atoms in total. The molecule has 0 saturated carbocycles. The van der Waals surface area contributed by atoms with E-state index in [-0.39, 0.29) is 12.5 Å². The van der Waals surface area contributed by atoms with E-state index in [0.29, 0.717) is 6.54 Å². The van der Waals surface area contributed by atoms with Crippen LogP contribution in [-0.2, 0) is 6.42 Å². The van der Waals surface area contributed by atoms with E-state index in [4.69, 9.17) is 5.11 Å². The number of fused-ring (bicyclic) bond motifs is 1. The molecule has 5 heteroatoms. The first-order chi connectivity index (χ1) is 9.83.